The zero-order valence-corrected chi connectivity index (χ0v) is 17.2. The van der Waals surface area contributed by atoms with Gasteiger partial charge in [-0.1, -0.05) is 18.2 Å². The Morgan fingerprint density at radius 1 is 1.00 bits per heavy atom. The van der Waals surface area contributed by atoms with Crippen LogP contribution in [0.5, 0.6) is 11.5 Å². The largest absolute Gasteiger partial charge is 0.494 e. The highest BCUT2D eigenvalue weighted by Crippen LogP contribution is 2.35. The number of rotatable bonds is 7. The fraction of sp³-hybridized carbons (Fsp3) is 0.273. The van der Waals surface area contributed by atoms with Crippen LogP contribution in [0.3, 0.4) is 0 Å². The first-order valence-electron chi connectivity index (χ1n) is 9.41. The highest BCUT2D eigenvalue weighted by molar-refractivity contribution is 8.18. The van der Waals surface area contributed by atoms with Gasteiger partial charge in [-0.3, -0.25) is 9.69 Å². The molecule has 6 heteroatoms. The van der Waals surface area contributed by atoms with E-state index in [9.17, 15) is 4.79 Å². The first-order chi connectivity index (χ1) is 13.7. The van der Waals surface area contributed by atoms with Crippen LogP contribution in [0.1, 0.15) is 26.3 Å². The normalized spacial score (nSPS) is 16.8. The molecule has 2 aromatic rings. The minimum absolute atomic E-state index is 0.0384. The van der Waals surface area contributed by atoms with E-state index in [0.29, 0.717) is 29.8 Å². The number of amides is 1. The van der Waals surface area contributed by atoms with Crippen molar-refractivity contribution in [1.29, 1.82) is 0 Å². The van der Waals surface area contributed by atoms with Crippen LogP contribution in [0.4, 0.5) is 5.69 Å². The number of aliphatic imine (C=N–C) groups is 1. The molecule has 5 nitrogen and oxygen atoms in total. The first kappa shape index (κ1) is 20.0. The topological polar surface area (TPSA) is 51.1 Å². The summed E-state index contributed by atoms with van der Waals surface area (Å²) in [5.41, 5.74) is 1.67. The summed E-state index contributed by atoms with van der Waals surface area (Å²) in [6.07, 6.45) is 1.88. The Morgan fingerprint density at radius 2 is 1.71 bits per heavy atom. The van der Waals surface area contributed by atoms with Crippen molar-refractivity contribution in [2.45, 2.75) is 20.8 Å². The third-order valence-electron chi connectivity index (χ3n) is 4.08. The van der Waals surface area contributed by atoms with E-state index < -0.39 is 0 Å². The zero-order chi connectivity index (χ0) is 19.9. The summed E-state index contributed by atoms with van der Waals surface area (Å²) in [6, 6.07) is 15.3. The van der Waals surface area contributed by atoms with E-state index in [0.717, 1.165) is 22.7 Å². The number of ether oxygens (including phenoxy) is 2. The van der Waals surface area contributed by atoms with Crippen molar-refractivity contribution in [3.05, 3.63) is 59.0 Å². The maximum absolute atomic E-state index is 12.8. The van der Waals surface area contributed by atoms with Gasteiger partial charge >= 0.3 is 0 Å². The van der Waals surface area contributed by atoms with Crippen LogP contribution in [-0.4, -0.2) is 35.7 Å². The third kappa shape index (κ3) is 4.57. The first-order valence-corrected chi connectivity index (χ1v) is 10.2. The lowest BCUT2D eigenvalue weighted by Crippen LogP contribution is -2.28. The number of hydrogen-bond donors (Lipinski definition) is 0. The molecule has 0 unspecified atom stereocenters. The molecule has 1 amide bonds. The maximum Gasteiger partial charge on any atom is 0.266 e. The standard InChI is InChI=1S/C22H24N2O3S/c1-4-24-21(25)20(15-16-9-7-8-10-19(16)27-6-3)28-22(24)23-17-11-13-18(14-12-17)26-5-2/h7-15H,4-6H2,1-3H3/b20-15-,23-22?. The molecule has 1 saturated heterocycles. The number of carbonyl (C=O) groups excluding carboxylic acids is 1. The molecule has 0 aromatic heterocycles. The molecule has 1 heterocycles. The van der Waals surface area contributed by atoms with Gasteiger partial charge in [0.25, 0.3) is 5.91 Å². The van der Waals surface area contributed by atoms with Crippen molar-refractivity contribution in [3.8, 4) is 11.5 Å². The van der Waals surface area contributed by atoms with Crippen LogP contribution >= 0.6 is 11.8 Å². The molecule has 0 spiro atoms. The van der Waals surface area contributed by atoms with Gasteiger partial charge in [0.15, 0.2) is 5.17 Å². The van der Waals surface area contributed by atoms with Crippen LogP contribution < -0.4 is 9.47 Å². The number of benzene rings is 2. The second-order valence-electron chi connectivity index (χ2n) is 5.95. The molecule has 0 bridgehead atoms. The molecule has 146 valence electrons. The van der Waals surface area contributed by atoms with Gasteiger partial charge in [-0.25, -0.2) is 4.99 Å². The fourth-order valence-electron chi connectivity index (χ4n) is 2.79. The number of para-hydroxylation sites is 1. The quantitative estimate of drug-likeness (QED) is 0.611. The zero-order valence-electron chi connectivity index (χ0n) is 16.3. The van der Waals surface area contributed by atoms with Crippen molar-refractivity contribution in [3.63, 3.8) is 0 Å². The van der Waals surface area contributed by atoms with E-state index in [2.05, 4.69) is 4.99 Å². The number of likely N-dealkylation sites (N-methyl/N-ethyl adjacent to an activating group) is 1. The minimum atomic E-state index is -0.0384. The molecule has 1 fully saturated rings. The SMILES string of the molecule is CCOc1ccc(N=C2S/C(=C\c3ccccc3OCC)C(=O)N2CC)cc1. The van der Waals surface area contributed by atoms with E-state index >= 15 is 0 Å². The molecule has 28 heavy (non-hydrogen) atoms. The Labute approximate surface area is 170 Å². The van der Waals surface area contributed by atoms with Gasteiger partial charge in [0.05, 0.1) is 23.8 Å². The molecule has 2 aromatic carbocycles. The van der Waals surface area contributed by atoms with Crippen molar-refractivity contribution in [2.24, 2.45) is 4.99 Å². The number of hydrogen-bond acceptors (Lipinski definition) is 5. The van der Waals surface area contributed by atoms with Gasteiger partial charge in [0, 0.05) is 12.1 Å². The number of amidine groups is 1. The average Bonchev–Trinajstić information content (AvgIpc) is 2.99. The summed E-state index contributed by atoms with van der Waals surface area (Å²) in [5.74, 6) is 1.54. The Morgan fingerprint density at radius 3 is 2.39 bits per heavy atom. The average molecular weight is 397 g/mol. The molecule has 0 N–H and O–H groups in total. The molecule has 0 atom stereocenters. The van der Waals surface area contributed by atoms with Crippen LogP contribution in [0.2, 0.25) is 0 Å². The van der Waals surface area contributed by atoms with E-state index in [-0.39, 0.29) is 5.91 Å². The number of thioether (sulfide) groups is 1. The van der Waals surface area contributed by atoms with Crippen LogP contribution in [0.15, 0.2) is 58.4 Å². The van der Waals surface area contributed by atoms with Crippen LogP contribution in [0.25, 0.3) is 6.08 Å². The number of nitrogens with zero attached hydrogens (tertiary/aromatic N) is 2. The molecular formula is C22H24N2O3S. The summed E-state index contributed by atoms with van der Waals surface area (Å²) >= 11 is 1.38. The van der Waals surface area contributed by atoms with E-state index in [4.69, 9.17) is 9.47 Å². The summed E-state index contributed by atoms with van der Waals surface area (Å²) < 4.78 is 11.1. The Kier molecular flexibility index (Phi) is 6.76. The van der Waals surface area contributed by atoms with E-state index in [1.165, 1.54) is 11.8 Å². The Hall–Kier alpha value is -2.73. The summed E-state index contributed by atoms with van der Waals surface area (Å²) in [5, 5.41) is 0.678. The minimum Gasteiger partial charge on any atom is -0.494 e. The Bertz CT molecular complexity index is 891. The predicted molar refractivity (Wildman–Crippen MR) is 115 cm³/mol. The molecule has 3 rings (SSSR count). The molecular weight excluding hydrogens is 372 g/mol. The summed E-state index contributed by atoms with van der Waals surface area (Å²) in [4.78, 5) is 19.8. The Balaban J connectivity index is 1.88. The third-order valence-corrected chi connectivity index (χ3v) is 5.09. The van der Waals surface area contributed by atoms with Gasteiger partial charge in [-0.05, 0) is 68.9 Å². The van der Waals surface area contributed by atoms with Crippen molar-refractivity contribution in [2.75, 3.05) is 19.8 Å². The summed E-state index contributed by atoms with van der Waals surface area (Å²) in [6.45, 7) is 7.60. The molecule has 0 saturated carbocycles. The molecule has 0 radical (unpaired) electrons. The lowest BCUT2D eigenvalue weighted by molar-refractivity contribution is -0.122. The van der Waals surface area contributed by atoms with Crippen LogP contribution in [-0.2, 0) is 4.79 Å². The fourth-order valence-corrected chi connectivity index (χ4v) is 3.85. The monoisotopic (exact) mass is 396 g/mol. The summed E-state index contributed by atoms with van der Waals surface area (Å²) in [7, 11) is 0. The van der Waals surface area contributed by atoms with Crippen molar-refractivity contribution < 1.29 is 14.3 Å². The van der Waals surface area contributed by atoms with Gasteiger partial charge < -0.3 is 9.47 Å². The van der Waals surface area contributed by atoms with E-state index in [1.807, 2.05) is 75.4 Å². The predicted octanol–water partition coefficient (Wildman–Crippen LogP) is 5.11. The second-order valence-corrected chi connectivity index (χ2v) is 6.96. The molecule has 0 aliphatic carbocycles. The number of carbonyl (C=O) groups is 1. The molecule has 1 aliphatic rings. The van der Waals surface area contributed by atoms with Gasteiger partial charge in [-0.2, -0.15) is 0 Å². The van der Waals surface area contributed by atoms with Crippen LogP contribution in [0, 0.1) is 0 Å². The second kappa shape index (κ2) is 9.46. The maximum atomic E-state index is 12.8. The lowest BCUT2D eigenvalue weighted by Gasteiger charge is -2.12. The van der Waals surface area contributed by atoms with Crippen molar-refractivity contribution in [1.82, 2.24) is 4.90 Å². The van der Waals surface area contributed by atoms with Gasteiger partial charge in [-0.15, -0.1) is 0 Å². The van der Waals surface area contributed by atoms with E-state index in [1.54, 1.807) is 4.90 Å². The highest BCUT2D eigenvalue weighted by atomic mass is 32.2. The van der Waals surface area contributed by atoms with Gasteiger partial charge in [0.1, 0.15) is 11.5 Å². The lowest BCUT2D eigenvalue weighted by atomic mass is 10.2. The highest BCUT2D eigenvalue weighted by Gasteiger charge is 2.32. The van der Waals surface area contributed by atoms with Crippen molar-refractivity contribution >= 4 is 34.6 Å². The molecule has 1 aliphatic heterocycles. The van der Waals surface area contributed by atoms with Gasteiger partial charge in [0.2, 0.25) is 0 Å². The smallest absolute Gasteiger partial charge is 0.266 e.